The number of aliphatic hydroxyl groups excluding tert-OH is 1. The molecule has 0 radical (unpaired) electrons. The molecule has 0 saturated carbocycles. The lowest BCUT2D eigenvalue weighted by atomic mass is 10.1. The monoisotopic (exact) mass is 453 g/mol. The number of anilines is 2. The maximum atomic E-state index is 12.4. The van der Waals surface area contributed by atoms with Gasteiger partial charge in [0.1, 0.15) is 5.75 Å². The molecule has 0 unspecified atom stereocenters. The maximum absolute atomic E-state index is 12.4. The highest BCUT2D eigenvalue weighted by Gasteiger charge is 2.35. The predicted molar refractivity (Wildman–Crippen MR) is 126 cm³/mol. The van der Waals surface area contributed by atoms with Crippen molar-refractivity contribution in [1.29, 1.82) is 0 Å². The van der Waals surface area contributed by atoms with Crippen LogP contribution in [0.25, 0.3) is 0 Å². The second kappa shape index (κ2) is 11.0. The summed E-state index contributed by atoms with van der Waals surface area (Å²) in [6.07, 6.45) is 0.308. The summed E-state index contributed by atoms with van der Waals surface area (Å²) >= 11 is 0. The van der Waals surface area contributed by atoms with E-state index < -0.39 is 12.0 Å². The molecule has 3 rings (SSSR count). The van der Waals surface area contributed by atoms with E-state index in [1.165, 1.54) is 0 Å². The van der Waals surface area contributed by atoms with Gasteiger partial charge in [0.05, 0.1) is 12.0 Å². The van der Waals surface area contributed by atoms with Gasteiger partial charge >= 0.3 is 0 Å². The van der Waals surface area contributed by atoms with E-state index in [2.05, 4.69) is 10.6 Å². The molecule has 176 valence electrons. The average molecular weight is 454 g/mol. The molecule has 8 heteroatoms. The van der Waals surface area contributed by atoms with Crippen LogP contribution >= 0.6 is 0 Å². The number of carbonyl (C=O) groups is 3. The zero-order valence-electron chi connectivity index (χ0n) is 19.3. The highest BCUT2D eigenvalue weighted by molar-refractivity contribution is 6.00. The van der Waals surface area contributed by atoms with Crippen LogP contribution in [0.1, 0.15) is 31.4 Å². The van der Waals surface area contributed by atoms with Crippen molar-refractivity contribution < 1.29 is 24.2 Å². The summed E-state index contributed by atoms with van der Waals surface area (Å²) in [5.41, 5.74) is 3.56. The van der Waals surface area contributed by atoms with E-state index in [-0.39, 0.29) is 43.8 Å². The first kappa shape index (κ1) is 24.3. The third-order valence-electron chi connectivity index (χ3n) is 5.59. The number of hydrogen-bond acceptors (Lipinski definition) is 5. The highest BCUT2D eigenvalue weighted by Crippen LogP contribution is 2.27. The number of amides is 3. The van der Waals surface area contributed by atoms with Crippen molar-refractivity contribution in [1.82, 2.24) is 5.32 Å². The van der Waals surface area contributed by atoms with Crippen molar-refractivity contribution in [3.63, 3.8) is 0 Å². The van der Waals surface area contributed by atoms with Crippen molar-refractivity contribution >= 4 is 29.1 Å². The second-order valence-corrected chi connectivity index (χ2v) is 8.29. The van der Waals surface area contributed by atoms with Crippen LogP contribution in [0.4, 0.5) is 11.4 Å². The van der Waals surface area contributed by atoms with Crippen LogP contribution in [0.15, 0.2) is 42.5 Å². The summed E-state index contributed by atoms with van der Waals surface area (Å²) in [5.74, 6) is -0.566. The number of carbonyl (C=O) groups excluding carboxylic acids is 3. The van der Waals surface area contributed by atoms with Crippen LogP contribution in [0.2, 0.25) is 0 Å². The van der Waals surface area contributed by atoms with E-state index in [1.54, 1.807) is 36.1 Å². The zero-order chi connectivity index (χ0) is 24.0. The summed E-state index contributed by atoms with van der Waals surface area (Å²) in [6, 6.07) is 12.8. The number of rotatable bonds is 9. The van der Waals surface area contributed by atoms with Crippen molar-refractivity contribution in [3.8, 4) is 5.75 Å². The first-order valence-electron chi connectivity index (χ1n) is 11.2. The van der Waals surface area contributed by atoms with Crippen molar-refractivity contribution in [3.05, 3.63) is 53.6 Å². The molecule has 0 aromatic heterocycles. The number of aliphatic hydroxyl groups is 1. The molecule has 2 aromatic rings. The lowest BCUT2D eigenvalue weighted by Crippen LogP contribution is -2.36. The lowest BCUT2D eigenvalue weighted by molar-refractivity contribution is -0.126. The highest BCUT2D eigenvalue weighted by atomic mass is 16.5. The minimum atomic E-state index is -0.637. The summed E-state index contributed by atoms with van der Waals surface area (Å²) in [4.78, 5) is 38.5. The Morgan fingerprint density at radius 2 is 1.94 bits per heavy atom. The van der Waals surface area contributed by atoms with Gasteiger partial charge in [-0.1, -0.05) is 25.1 Å². The van der Waals surface area contributed by atoms with Gasteiger partial charge in [-0.3, -0.25) is 14.4 Å². The van der Waals surface area contributed by atoms with E-state index in [1.807, 2.05) is 32.0 Å². The number of hydrogen-bond donors (Lipinski definition) is 3. The normalized spacial score (nSPS) is 16.4. The Bertz CT molecular complexity index is 1000. The number of para-hydroxylation sites is 1. The molecule has 1 aliphatic heterocycles. The fourth-order valence-corrected chi connectivity index (χ4v) is 3.77. The average Bonchev–Trinajstić information content (AvgIpc) is 3.19. The van der Waals surface area contributed by atoms with Crippen LogP contribution in [0.5, 0.6) is 5.75 Å². The summed E-state index contributed by atoms with van der Waals surface area (Å²) in [5, 5.41) is 14.9. The molecule has 8 nitrogen and oxygen atoms in total. The van der Waals surface area contributed by atoms with Gasteiger partial charge in [-0.25, -0.2) is 0 Å². The van der Waals surface area contributed by atoms with Gasteiger partial charge in [0.2, 0.25) is 11.8 Å². The van der Waals surface area contributed by atoms with Crippen LogP contribution in [0, 0.1) is 12.8 Å². The number of ether oxygens (including phenoxy) is 1. The molecule has 3 N–H and O–H groups in total. The summed E-state index contributed by atoms with van der Waals surface area (Å²) in [6.45, 7) is 5.89. The smallest absolute Gasteiger partial charge is 0.262 e. The van der Waals surface area contributed by atoms with E-state index in [4.69, 9.17) is 4.74 Å². The van der Waals surface area contributed by atoms with Gasteiger partial charge in [0.15, 0.2) is 6.61 Å². The van der Waals surface area contributed by atoms with Crippen molar-refractivity contribution in [2.24, 2.45) is 5.92 Å². The van der Waals surface area contributed by atoms with Gasteiger partial charge in [-0.2, -0.15) is 0 Å². The molecule has 1 fully saturated rings. The number of aryl methyl sites for hydroxylation is 2. The molecular formula is C25H31N3O5. The first-order valence-corrected chi connectivity index (χ1v) is 11.2. The molecule has 0 bridgehead atoms. The van der Waals surface area contributed by atoms with Crippen LogP contribution in [-0.2, 0) is 20.8 Å². The number of nitrogens with one attached hydrogen (secondary N) is 2. The third-order valence-corrected chi connectivity index (χ3v) is 5.59. The Kier molecular flexibility index (Phi) is 8.06. The Hall–Kier alpha value is -3.39. The van der Waals surface area contributed by atoms with Gasteiger partial charge in [0, 0.05) is 30.9 Å². The predicted octanol–water partition coefficient (Wildman–Crippen LogP) is 2.42. The molecule has 2 aromatic carbocycles. The largest absolute Gasteiger partial charge is 0.484 e. The quantitative estimate of drug-likeness (QED) is 0.541. The number of benzene rings is 2. The van der Waals surface area contributed by atoms with E-state index in [0.29, 0.717) is 11.4 Å². The number of nitrogens with zero attached hydrogens (tertiary/aromatic N) is 1. The Morgan fingerprint density at radius 3 is 2.61 bits per heavy atom. The maximum Gasteiger partial charge on any atom is 0.262 e. The first-order chi connectivity index (χ1) is 15.8. The van der Waals surface area contributed by atoms with Gasteiger partial charge in [-0.05, 0) is 55.7 Å². The van der Waals surface area contributed by atoms with E-state index in [9.17, 15) is 19.5 Å². The van der Waals surface area contributed by atoms with Gasteiger partial charge in [-0.15, -0.1) is 0 Å². The Balaban J connectivity index is 1.54. The second-order valence-electron chi connectivity index (χ2n) is 8.29. The molecule has 1 saturated heterocycles. The molecule has 1 heterocycles. The molecule has 2 atom stereocenters. The minimum absolute atomic E-state index is 0.128. The van der Waals surface area contributed by atoms with Crippen LogP contribution in [-0.4, -0.2) is 48.6 Å². The zero-order valence-corrected chi connectivity index (χ0v) is 19.3. The van der Waals surface area contributed by atoms with Crippen LogP contribution in [0.3, 0.4) is 0 Å². The topological polar surface area (TPSA) is 108 Å². The molecule has 0 spiro atoms. The Labute approximate surface area is 193 Å². The summed E-state index contributed by atoms with van der Waals surface area (Å²) < 4.78 is 5.61. The van der Waals surface area contributed by atoms with Crippen molar-refractivity contribution in [2.75, 3.05) is 29.9 Å². The van der Waals surface area contributed by atoms with E-state index >= 15 is 0 Å². The van der Waals surface area contributed by atoms with Gasteiger partial charge in [0.25, 0.3) is 5.91 Å². The molecule has 3 amide bonds. The lowest BCUT2D eigenvalue weighted by Gasteiger charge is -2.17. The van der Waals surface area contributed by atoms with Gasteiger partial charge < -0.3 is 25.4 Å². The molecule has 33 heavy (non-hydrogen) atoms. The molecular weight excluding hydrogens is 422 g/mol. The Morgan fingerprint density at radius 1 is 1.21 bits per heavy atom. The standard InChI is InChI=1S/C25H31N3O5/c1-4-18-7-5-6-16(2)24(18)27-22(30)15-33-21-10-8-20(9-11-21)28-14-19(12-23(28)31)25(32)26-13-17(3)29/h5-11,17,19,29H,4,12-15H2,1-3H3,(H,26,32)(H,27,30)/t17-,19+/m1/s1. The SMILES string of the molecule is CCc1cccc(C)c1NC(=O)COc1ccc(N2C[C@@H](C(=O)NC[C@@H](C)O)CC2=O)cc1. The minimum Gasteiger partial charge on any atom is -0.484 e. The third kappa shape index (κ3) is 6.32. The van der Waals surface area contributed by atoms with E-state index in [0.717, 1.165) is 23.2 Å². The molecule has 0 aliphatic carbocycles. The van der Waals surface area contributed by atoms with Crippen molar-refractivity contribution in [2.45, 2.75) is 39.7 Å². The van der Waals surface area contributed by atoms with Crippen LogP contribution < -0.4 is 20.3 Å². The fourth-order valence-electron chi connectivity index (χ4n) is 3.77. The molecule has 1 aliphatic rings. The summed E-state index contributed by atoms with van der Waals surface area (Å²) in [7, 11) is 0. The fraction of sp³-hybridized carbons (Fsp3) is 0.400.